The Morgan fingerprint density at radius 3 is 2.00 bits per heavy atom. The summed E-state index contributed by atoms with van der Waals surface area (Å²) in [7, 11) is 0. The van der Waals surface area contributed by atoms with Gasteiger partial charge in [-0.15, -0.1) is 0 Å². The summed E-state index contributed by atoms with van der Waals surface area (Å²) in [5.41, 5.74) is 5.00. The summed E-state index contributed by atoms with van der Waals surface area (Å²) in [6.45, 7) is 5.31. The molecule has 0 fully saturated rings. The molecule has 0 radical (unpaired) electrons. The molecule has 3 N–H and O–H groups in total. The maximum Gasteiger partial charge on any atom is 0.307 e. The largest absolute Gasteiger partial charge is 0.481 e. The number of carbonyl (C=O) groups is 2. The van der Waals surface area contributed by atoms with Crippen LogP contribution in [0.4, 0.5) is 0 Å². The molecule has 0 bridgehead atoms. The quantitative estimate of drug-likeness (QED) is 0.433. The second kappa shape index (κ2) is 13.8. The summed E-state index contributed by atoms with van der Waals surface area (Å²) in [5, 5.41) is 8.90. The lowest BCUT2D eigenvalue weighted by Crippen LogP contribution is -2.22. The molecule has 0 rings (SSSR count). The van der Waals surface area contributed by atoms with E-state index in [9.17, 15) is 9.59 Å². The Morgan fingerprint density at radius 1 is 1.00 bits per heavy atom. The SMILES string of the molecule is CCCOCCOCCOCCCC(CC(N)=O)C(=O)O. The molecule has 7 nitrogen and oxygen atoms in total. The fourth-order valence-electron chi connectivity index (χ4n) is 1.67. The van der Waals surface area contributed by atoms with Gasteiger partial charge in [0.05, 0.1) is 32.3 Å². The number of carboxylic acid groups (broad SMARTS) is 1. The van der Waals surface area contributed by atoms with Crippen molar-refractivity contribution >= 4 is 11.9 Å². The van der Waals surface area contributed by atoms with Gasteiger partial charge in [0.25, 0.3) is 0 Å². The van der Waals surface area contributed by atoms with Crippen molar-refractivity contribution in [1.82, 2.24) is 0 Å². The highest BCUT2D eigenvalue weighted by Crippen LogP contribution is 2.11. The second-order valence-corrected chi connectivity index (χ2v) is 4.68. The summed E-state index contributed by atoms with van der Waals surface area (Å²) in [4.78, 5) is 21.6. The second-order valence-electron chi connectivity index (χ2n) is 4.68. The number of hydrogen-bond donors (Lipinski definition) is 2. The summed E-state index contributed by atoms with van der Waals surface area (Å²) in [6, 6.07) is 0. The minimum atomic E-state index is -0.996. The van der Waals surface area contributed by atoms with Crippen molar-refractivity contribution in [3.05, 3.63) is 0 Å². The van der Waals surface area contributed by atoms with E-state index in [-0.39, 0.29) is 6.42 Å². The molecule has 0 heterocycles. The number of amides is 1. The number of primary amides is 1. The molecule has 0 aromatic rings. The van der Waals surface area contributed by atoms with E-state index in [2.05, 4.69) is 0 Å². The average Bonchev–Trinajstić information content (AvgIpc) is 2.42. The van der Waals surface area contributed by atoms with Gasteiger partial charge in [-0.25, -0.2) is 0 Å². The van der Waals surface area contributed by atoms with Crippen molar-refractivity contribution in [3.8, 4) is 0 Å². The molecule has 0 saturated carbocycles. The monoisotopic (exact) mass is 305 g/mol. The Hall–Kier alpha value is -1.18. The number of aliphatic carboxylic acids is 1. The summed E-state index contributed by atoms with van der Waals surface area (Å²) in [5.74, 6) is -2.32. The molecule has 1 unspecified atom stereocenters. The van der Waals surface area contributed by atoms with Crippen LogP contribution in [0.1, 0.15) is 32.6 Å². The van der Waals surface area contributed by atoms with Crippen LogP contribution >= 0.6 is 0 Å². The number of rotatable bonds is 15. The zero-order chi connectivity index (χ0) is 15.9. The third-order valence-corrected chi connectivity index (χ3v) is 2.73. The van der Waals surface area contributed by atoms with Gasteiger partial charge in [0.15, 0.2) is 0 Å². The van der Waals surface area contributed by atoms with Gasteiger partial charge in [-0.05, 0) is 19.3 Å². The molecule has 1 amide bonds. The van der Waals surface area contributed by atoms with Crippen LogP contribution in [0.5, 0.6) is 0 Å². The summed E-state index contributed by atoms with van der Waals surface area (Å²) >= 11 is 0. The molecular formula is C14H27NO6. The predicted octanol–water partition coefficient (Wildman–Crippen LogP) is 0.803. The molecule has 0 aliphatic rings. The van der Waals surface area contributed by atoms with Crippen molar-refractivity contribution in [1.29, 1.82) is 0 Å². The van der Waals surface area contributed by atoms with Crippen LogP contribution < -0.4 is 5.73 Å². The molecule has 0 aliphatic carbocycles. The van der Waals surface area contributed by atoms with Crippen molar-refractivity contribution in [3.63, 3.8) is 0 Å². The molecule has 124 valence electrons. The summed E-state index contributed by atoms with van der Waals surface area (Å²) < 4.78 is 15.9. The number of carboxylic acids is 1. The maximum absolute atomic E-state index is 10.9. The standard InChI is InChI=1S/C14H27NO6/c1-2-5-19-7-9-21-10-8-20-6-3-4-12(14(17)18)11-13(15)16/h12H,2-11H2,1H3,(H2,15,16)(H,17,18). The molecule has 0 aromatic heterocycles. The minimum absolute atomic E-state index is 0.129. The van der Waals surface area contributed by atoms with E-state index in [1.807, 2.05) is 6.92 Å². The van der Waals surface area contributed by atoms with Crippen LogP contribution in [0, 0.1) is 5.92 Å². The zero-order valence-corrected chi connectivity index (χ0v) is 12.7. The molecular weight excluding hydrogens is 278 g/mol. The van der Waals surface area contributed by atoms with Crippen LogP contribution in [0.3, 0.4) is 0 Å². The predicted molar refractivity (Wildman–Crippen MR) is 76.9 cm³/mol. The highest BCUT2D eigenvalue weighted by Gasteiger charge is 2.19. The highest BCUT2D eigenvalue weighted by molar-refractivity contribution is 5.80. The molecule has 1 atom stereocenters. The van der Waals surface area contributed by atoms with E-state index >= 15 is 0 Å². The molecule has 0 saturated heterocycles. The van der Waals surface area contributed by atoms with Gasteiger partial charge < -0.3 is 25.1 Å². The lowest BCUT2D eigenvalue weighted by atomic mass is 10.00. The van der Waals surface area contributed by atoms with Crippen molar-refractivity contribution < 1.29 is 28.9 Å². The van der Waals surface area contributed by atoms with Gasteiger partial charge in [-0.2, -0.15) is 0 Å². The third-order valence-electron chi connectivity index (χ3n) is 2.73. The first-order valence-electron chi connectivity index (χ1n) is 7.32. The van der Waals surface area contributed by atoms with Gasteiger partial charge in [-0.3, -0.25) is 9.59 Å². The van der Waals surface area contributed by atoms with E-state index in [1.54, 1.807) is 0 Å². The topological polar surface area (TPSA) is 108 Å². The highest BCUT2D eigenvalue weighted by atomic mass is 16.5. The maximum atomic E-state index is 10.9. The van der Waals surface area contributed by atoms with Crippen LogP contribution in [0.15, 0.2) is 0 Å². The Bertz CT molecular complexity index is 285. The number of carbonyl (C=O) groups excluding carboxylic acids is 1. The van der Waals surface area contributed by atoms with E-state index < -0.39 is 17.8 Å². The lowest BCUT2D eigenvalue weighted by Gasteiger charge is -2.10. The van der Waals surface area contributed by atoms with Crippen LogP contribution in [-0.4, -0.2) is 56.6 Å². The third kappa shape index (κ3) is 13.6. The van der Waals surface area contributed by atoms with Crippen molar-refractivity contribution in [2.75, 3.05) is 39.6 Å². The minimum Gasteiger partial charge on any atom is -0.481 e. The van der Waals surface area contributed by atoms with Crippen LogP contribution in [0.2, 0.25) is 0 Å². The number of ether oxygens (including phenoxy) is 3. The van der Waals surface area contributed by atoms with E-state index in [0.29, 0.717) is 45.9 Å². The van der Waals surface area contributed by atoms with Crippen molar-refractivity contribution in [2.45, 2.75) is 32.6 Å². The fraction of sp³-hybridized carbons (Fsp3) is 0.857. The molecule has 0 aliphatic heterocycles. The fourth-order valence-corrected chi connectivity index (χ4v) is 1.67. The molecule has 21 heavy (non-hydrogen) atoms. The smallest absolute Gasteiger partial charge is 0.307 e. The Balaban J connectivity index is 3.38. The van der Waals surface area contributed by atoms with Crippen LogP contribution in [0.25, 0.3) is 0 Å². The number of hydrogen-bond acceptors (Lipinski definition) is 5. The molecule has 0 spiro atoms. The van der Waals surface area contributed by atoms with Gasteiger partial charge in [0.1, 0.15) is 0 Å². The first-order chi connectivity index (χ1) is 10.1. The molecule has 7 heteroatoms. The van der Waals surface area contributed by atoms with Gasteiger partial charge in [0.2, 0.25) is 5.91 Å². The normalized spacial score (nSPS) is 12.2. The van der Waals surface area contributed by atoms with E-state index in [0.717, 1.165) is 13.0 Å². The Kier molecular flexibility index (Phi) is 13.0. The first-order valence-corrected chi connectivity index (χ1v) is 7.32. The van der Waals surface area contributed by atoms with Gasteiger partial charge >= 0.3 is 5.97 Å². The molecule has 0 aromatic carbocycles. The number of nitrogens with two attached hydrogens (primary N) is 1. The van der Waals surface area contributed by atoms with E-state index in [4.69, 9.17) is 25.1 Å². The van der Waals surface area contributed by atoms with Gasteiger partial charge in [0, 0.05) is 19.6 Å². The lowest BCUT2D eigenvalue weighted by molar-refractivity contribution is -0.144. The Labute approximate surface area is 125 Å². The van der Waals surface area contributed by atoms with Crippen molar-refractivity contribution in [2.24, 2.45) is 11.7 Å². The van der Waals surface area contributed by atoms with Crippen LogP contribution in [-0.2, 0) is 23.8 Å². The Morgan fingerprint density at radius 2 is 1.52 bits per heavy atom. The summed E-state index contributed by atoms with van der Waals surface area (Å²) in [6.07, 6.45) is 1.82. The zero-order valence-electron chi connectivity index (χ0n) is 12.7. The van der Waals surface area contributed by atoms with E-state index in [1.165, 1.54) is 0 Å². The average molecular weight is 305 g/mol. The first kappa shape index (κ1) is 19.8. The van der Waals surface area contributed by atoms with Gasteiger partial charge in [-0.1, -0.05) is 6.92 Å².